The molecule has 0 saturated carbocycles. The molecular weight excluding hydrogens is 264 g/mol. The Morgan fingerprint density at radius 1 is 1.21 bits per heavy atom. The van der Waals surface area contributed by atoms with Crippen molar-refractivity contribution in [3.8, 4) is 0 Å². The van der Waals surface area contributed by atoms with Crippen LogP contribution in [0.3, 0.4) is 0 Å². The number of benzene rings is 1. The first-order chi connectivity index (χ1) is 9.06. The number of amides is 1. The van der Waals surface area contributed by atoms with Crippen LogP contribution in [0.1, 0.15) is 21.6 Å². The molecule has 5 heteroatoms. The lowest BCUT2D eigenvalue weighted by Gasteiger charge is -2.05. The van der Waals surface area contributed by atoms with Gasteiger partial charge in [0.15, 0.2) is 0 Å². The van der Waals surface area contributed by atoms with E-state index in [1.807, 2.05) is 12.1 Å². The van der Waals surface area contributed by atoms with E-state index in [2.05, 4.69) is 10.3 Å². The zero-order valence-electron chi connectivity index (χ0n) is 10.4. The Kier molecular flexibility index (Phi) is 4.02. The van der Waals surface area contributed by atoms with E-state index in [0.717, 1.165) is 11.3 Å². The van der Waals surface area contributed by atoms with Gasteiger partial charge in [-0.05, 0) is 36.8 Å². The van der Waals surface area contributed by atoms with Gasteiger partial charge in [-0.15, -0.1) is 0 Å². The molecule has 0 fully saturated rings. The number of aromatic amines is 1. The van der Waals surface area contributed by atoms with E-state index in [1.165, 1.54) is 6.07 Å². The Morgan fingerprint density at radius 3 is 2.53 bits per heavy atom. The molecule has 0 atom stereocenters. The van der Waals surface area contributed by atoms with Gasteiger partial charge >= 0.3 is 0 Å². The summed E-state index contributed by atoms with van der Waals surface area (Å²) in [5.74, 6) is -0.392. The molecule has 1 heterocycles. The first kappa shape index (κ1) is 13.4. The number of H-pyrrole nitrogens is 1. The van der Waals surface area contributed by atoms with Crippen molar-refractivity contribution in [2.45, 2.75) is 13.5 Å². The highest BCUT2D eigenvalue weighted by Crippen LogP contribution is 2.09. The highest BCUT2D eigenvalue weighted by atomic mass is 35.5. The molecule has 2 rings (SSSR count). The van der Waals surface area contributed by atoms with E-state index in [4.69, 9.17) is 11.6 Å². The molecule has 0 aliphatic carbocycles. The molecule has 4 nitrogen and oxygen atoms in total. The van der Waals surface area contributed by atoms with Crippen molar-refractivity contribution in [1.29, 1.82) is 0 Å². The molecule has 1 amide bonds. The smallest absolute Gasteiger partial charge is 0.260 e. The SMILES string of the molecule is Cc1ccc(C(=O)NCc2ccc(Cl)cc2)c(=O)[nH]1. The third kappa shape index (κ3) is 3.45. The normalized spacial score (nSPS) is 10.2. The Hall–Kier alpha value is -2.07. The molecule has 0 bridgehead atoms. The van der Waals surface area contributed by atoms with Gasteiger partial charge < -0.3 is 10.3 Å². The number of aryl methyl sites for hydroxylation is 1. The molecule has 2 N–H and O–H groups in total. The number of halogens is 1. The molecule has 1 aromatic heterocycles. The summed E-state index contributed by atoms with van der Waals surface area (Å²) >= 11 is 5.77. The minimum absolute atomic E-state index is 0.111. The first-order valence-corrected chi connectivity index (χ1v) is 6.16. The fraction of sp³-hybridized carbons (Fsp3) is 0.143. The average Bonchev–Trinajstić information content (AvgIpc) is 2.37. The fourth-order valence-electron chi connectivity index (χ4n) is 1.63. The lowest BCUT2D eigenvalue weighted by atomic mass is 10.2. The minimum Gasteiger partial charge on any atom is -0.348 e. The minimum atomic E-state index is -0.392. The molecule has 0 saturated heterocycles. The van der Waals surface area contributed by atoms with Gasteiger partial charge in [-0.2, -0.15) is 0 Å². The zero-order valence-corrected chi connectivity index (χ0v) is 11.1. The van der Waals surface area contributed by atoms with Crippen LogP contribution in [0.5, 0.6) is 0 Å². The van der Waals surface area contributed by atoms with Crippen molar-refractivity contribution in [2.24, 2.45) is 0 Å². The van der Waals surface area contributed by atoms with Crippen molar-refractivity contribution >= 4 is 17.5 Å². The molecule has 0 spiro atoms. The van der Waals surface area contributed by atoms with Crippen LogP contribution in [0, 0.1) is 6.92 Å². The summed E-state index contributed by atoms with van der Waals surface area (Å²) in [6.45, 7) is 2.11. The Balaban J connectivity index is 2.05. The van der Waals surface area contributed by atoms with Gasteiger partial charge in [-0.25, -0.2) is 0 Å². The number of hydrogen-bond acceptors (Lipinski definition) is 2. The van der Waals surface area contributed by atoms with Crippen LogP contribution in [0.4, 0.5) is 0 Å². The van der Waals surface area contributed by atoms with Crippen LogP contribution in [-0.4, -0.2) is 10.9 Å². The molecular formula is C14H13ClN2O2. The van der Waals surface area contributed by atoms with E-state index in [1.54, 1.807) is 25.1 Å². The predicted octanol–water partition coefficient (Wildman–Crippen LogP) is 2.27. The zero-order chi connectivity index (χ0) is 13.8. The quantitative estimate of drug-likeness (QED) is 0.903. The van der Waals surface area contributed by atoms with E-state index >= 15 is 0 Å². The van der Waals surface area contributed by atoms with Crippen molar-refractivity contribution in [3.63, 3.8) is 0 Å². The fourth-order valence-corrected chi connectivity index (χ4v) is 1.76. The topological polar surface area (TPSA) is 62.0 Å². The molecule has 19 heavy (non-hydrogen) atoms. The summed E-state index contributed by atoms with van der Waals surface area (Å²) in [7, 11) is 0. The van der Waals surface area contributed by atoms with Crippen LogP contribution < -0.4 is 10.9 Å². The number of aromatic nitrogens is 1. The van der Waals surface area contributed by atoms with Crippen molar-refractivity contribution in [2.75, 3.05) is 0 Å². The van der Waals surface area contributed by atoms with Crippen LogP contribution >= 0.6 is 11.6 Å². The van der Waals surface area contributed by atoms with Crippen molar-refractivity contribution < 1.29 is 4.79 Å². The maximum Gasteiger partial charge on any atom is 0.260 e. The van der Waals surface area contributed by atoms with Gasteiger partial charge in [0.05, 0.1) is 0 Å². The van der Waals surface area contributed by atoms with Gasteiger partial charge in [0.2, 0.25) is 0 Å². The second kappa shape index (κ2) is 5.71. The summed E-state index contributed by atoms with van der Waals surface area (Å²) < 4.78 is 0. The number of nitrogens with one attached hydrogen (secondary N) is 2. The summed E-state index contributed by atoms with van der Waals surface area (Å²) in [4.78, 5) is 26.1. The third-order valence-corrected chi connectivity index (χ3v) is 2.92. The molecule has 0 aliphatic rings. The lowest BCUT2D eigenvalue weighted by Crippen LogP contribution is -2.29. The van der Waals surface area contributed by atoms with E-state index < -0.39 is 5.91 Å². The number of rotatable bonds is 3. The van der Waals surface area contributed by atoms with Gasteiger partial charge in [0.1, 0.15) is 5.56 Å². The van der Waals surface area contributed by atoms with Gasteiger partial charge in [0, 0.05) is 17.3 Å². The van der Waals surface area contributed by atoms with Crippen LogP contribution in [0.2, 0.25) is 5.02 Å². The lowest BCUT2D eigenvalue weighted by molar-refractivity contribution is 0.0949. The monoisotopic (exact) mass is 276 g/mol. The Labute approximate surface area is 115 Å². The highest BCUT2D eigenvalue weighted by molar-refractivity contribution is 6.30. The Morgan fingerprint density at radius 2 is 1.89 bits per heavy atom. The molecule has 0 unspecified atom stereocenters. The molecule has 98 valence electrons. The summed E-state index contributed by atoms with van der Waals surface area (Å²) in [5, 5.41) is 3.34. The van der Waals surface area contributed by atoms with E-state index in [0.29, 0.717) is 11.6 Å². The standard InChI is InChI=1S/C14H13ClN2O2/c1-9-2-7-12(14(19)17-9)13(18)16-8-10-3-5-11(15)6-4-10/h2-7H,8H2,1H3,(H,16,18)(H,17,19). The molecule has 1 aromatic carbocycles. The van der Waals surface area contributed by atoms with Gasteiger partial charge in [0.25, 0.3) is 11.5 Å². The van der Waals surface area contributed by atoms with Crippen LogP contribution in [0.25, 0.3) is 0 Å². The second-order valence-electron chi connectivity index (χ2n) is 4.19. The summed E-state index contributed by atoms with van der Waals surface area (Å²) in [5.41, 5.74) is 1.37. The number of carbonyl (C=O) groups is 1. The van der Waals surface area contributed by atoms with Crippen LogP contribution in [-0.2, 0) is 6.54 Å². The average molecular weight is 277 g/mol. The number of hydrogen-bond donors (Lipinski definition) is 2. The largest absolute Gasteiger partial charge is 0.348 e. The summed E-state index contributed by atoms with van der Waals surface area (Å²) in [6.07, 6.45) is 0. The predicted molar refractivity (Wildman–Crippen MR) is 74.4 cm³/mol. The van der Waals surface area contributed by atoms with Gasteiger partial charge in [-0.1, -0.05) is 23.7 Å². The highest BCUT2D eigenvalue weighted by Gasteiger charge is 2.09. The van der Waals surface area contributed by atoms with E-state index in [-0.39, 0.29) is 11.1 Å². The van der Waals surface area contributed by atoms with Crippen LogP contribution in [0.15, 0.2) is 41.2 Å². The number of pyridine rings is 1. The van der Waals surface area contributed by atoms with Crippen molar-refractivity contribution in [1.82, 2.24) is 10.3 Å². The van der Waals surface area contributed by atoms with Gasteiger partial charge in [-0.3, -0.25) is 9.59 Å². The third-order valence-electron chi connectivity index (χ3n) is 2.67. The molecule has 0 radical (unpaired) electrons. The maximum absolute atomic E-state index is 11.9. The Bertz CT molecular complexity index is 647. The first-order valence-electron chi connectivity index (χ1n) is 5.79. The maximum atomic E-state index is 11.9. The van der Waals surface area contributed by atoms with E-state index in [9.17, 15) is 9.59 Å². The molecule has 2 aromatic rings. The van der Waals surface area contributed by atoms with Crippen molar-refractivity contribution in [3.05, 3.63) is 68.6 Å². The second-order valence-corrected chi connectivity index (χ2v) is 4.63. The number of carbonyl (C=O) groups excluding carboxylic acids is 1. The molecule has 0 aliphatic heterocycles. The summed E-state index contributed by atoms with van der Waals surface area (Å²) in [6, 6.07) is 10.4.